The van der Waals surface area contributed by atoms with Gasteiger partial charge < -0.3 is 20.5 Å². The molecule has 3 rings (SSSR count). The van der Waals surface area contributed by atoms with Crippen LogP contribution in [0.4, 0.5) is 4.79 Å². The van der Waals surface area contributed by atoms with E-state index >= 15 is 0 Å². The van der Waals surface area contributed by atoms with Gasteiger partial charge in [0.2, 0.25) is 0 Å². The topological polar surface area (TPSA) is 73.1 Å². The minimum atomic E-state index is -0.0622. The normalized spacial score (nSPS) is 18.6. The average Bonchev–Trinajstić information content (AvgIpc) is 3.00. The molecule has 0 saturated carbocycles. The van der Waals surface area contributed by atoms with Gasteiger partial charge in [0, 0.05) is 26.1 Å². The van der Waals surface area contributed by atoms with Crippen molar-refractivity contribution in [1.29, 1.82) is 0 Å². The van der Waals surface area contributed by atoms with Gasteiger partial charge in [0.05, 0.1) is 11.0 Å². The fraction of sp³-hybridized carbons (Fsp3) is 0.556. The summed E-state index contributed by atoms with van der Waals surface area (Å²) in [7, 11) is 2.14. The minimum absolute atomic E-state index is 0.0622. The van der Waals surface area contributed by atoms with Crippen LogP contribution in [0, 0.1) is 5.92 Å². The molecule has 0 radical (unpaired) electrons. The molecule has 3 N–H and O–H groups in total. The van der Waals surface area contributed by atoms with E-state index in [1.165, 1.54) is 19.4 Å². The number of hydrogen-bond acceptors (Lipinski definition) is 3. The quantitative estimate of drug-likeness (QED) is 0.711. The number of piperidine rings is 1. The van der Waals surface area contributed by atoms with Gasteiger partial charge in [-0.3, -0.25) is 0 Å². The summed E-state index contributed by atoms with van der Waals surface area (Å²) in [5.41, 5.74) is 2.06. The Kier molecular flexibility index (Phi) is 5.69. The van der Waals surface area contributed by atoms with Crippen molar-refractivity contribution >= 4 is 17.1 Å². The van der Waals surface area contributed by atoms with Gasteiger partial charge in [-0.15, -0.1) is 0 Å². The van der Waals surface area contributed by atoms with Crippen molar-refractivity contribution in [3.63, 3.8) is 0 Å². The number of carbonyl (C=O) groups excluding carboxylic acids is 1. The fourth-order valence-electron chi connectivity index (χ4n) is 3.32. The van der Waals surface area contributed by atoms with Crippen LogP contribution in [0.15, 0.2) is 24.3 Å². The van der Waals surface area contributed by atoms with Crippen LogP contribution >= 0.6 is 0 Å². The van der Waals surface area contributed by atoms with Gasteiger partial charge in [0.15, 0.2) is 0 Å². The fourth-order valence-corrected chi connectivity index (χ4v) is 3.32. The summed E-state index contributed by atoms with van der Waals surface area (Å²) in [5, 5.41) is 5.93. The molecule has 2 amide bonds. The van der Waals surface area contributed by atoms with Crippen molar-refractivity contribution in [1.82, 2.24) is 25.5 Å². The van der Waals surface area contributed by atoms with E-state index in [-0.39, 0.29) is 6.03 Å². The van der Waals surface area contributed by atoms with E-state index < -0.39 is 0 Å². The Balaban J connectivity index is 1.32. The van der Waals surface area contributed by atoms with Gasteiger partial charge in [-0.1, -0.05) is 12.1 Å². The molecule has 1 fully saturated rings. The molecule has 6 nitrogen and oxygen atoms in total. The molecule has 1 aliphatic heterocycles. The first-order chi connectivity index (χ1) is 11.7. The second-order valence-electron chi connectivity index (χ2n) is 6.71. The molecule has 0 aliphatic carbocycles. The molecular weight excluding hydrogens is 302 g/mol. The number of para-hydroxylation sites is 2. The summed E-state index contributed by atoms with van der Waals surface area (Å²) in [4.78, 5) is 22.1. The van der Waals surface area contributed by atoms with Crippen molar-refractivity contribution in [3.05, 3.63) is 30.1 Å². The second-order valence-corrected chi connectivity index (χ2v) is 6.71. The van der Waals surface area contributed by atoms with E-state index in [1.54, 1.807) is 0 Å². The molecule has 6 heteroatoms. The summed E-state index contributed by atoms with van der Waals surface area (Å²) in [6, 6.07) is 7.96. The standard InChI is InChI=1S/C18H27N5O/c1-23-11-5-6-14(13-23)12-20-18(24)19-10-4-9-17-21-15-7-2-3-8-16(15)22-17/h2-3,7-8,14H,4-6,9-13H2,1H3,(H,21,22)(H2,19,20,24). The molecule has 1 aromatic heterocycles. The maximum Gasteiger partial charge on any atom is 0.314 e. The van der Waals surface area contributed by atoms with Crippen LogP contribution in [0.5, 0.6) is 0 Å². The number of likely N-dealkylation sites (tertiary alicyclic amines) is 1. The van der Waals surface area contributed by atoms with Gasteiger partial charge in [-0.05, 0) is 50.9 Å². The van der Waals surface area contributed by atoms with E-state index in [9.17, 15) is 4.79 Å². The Morgan fingerprint density at radius 2 is 2.25 bits per heavy atom. The summed E-state index contributed by atoms with van der Waals surface area (Å²) < 4.78 is 0. The molecule has 1 unspecified atom stereocenters. The number of hydrogen-bond donors (Lipinski definition) is 3. The van der Waals surface area contributed by atoms with Gasteiger partial charge in [-0.25, -0.2) is 9.78 Å². The first-order valence-corrected chi connectivity index (χ1v) is 8.84. The van der Waals surface area contributed by atoms with E-state index in [2.05, 4.69) is 32.5 Å². The SMILES string of the molecule is CN1CCCC(CNC(=O)NCCCc2nc3ccccc3[nH]2)C1. The highest BCUT2D eigenvalue weighted by atomic mass is 16.2. The van der Waals surface area contributed by atoms with Crippen LogP contribution < -0.4 is 10.6 Å². The molecule has 24 heavy (non-hydrogen) atoms. The first-order valence-electron chi connectivity index (χ1n) is 8.84. The maximum absolute atomic E-state index is 11.9. The monoisotopic (exact) mass is 329 g/mol. The van der Waals surface area contributed by atoms with Crippen LogP contribution in [0.2, 0.25) is 0 Å². The Morgan fingerprint density at radius 1 is 1.38 bits per heavy atom. The highest BCUT2D eigenvalue weighted by Gasteiger charge is 2.17. The number of benzene rings is 1. The summed E-state index contributed by atoms with van der Waals surface area (Å²) in [6.45, 7) is 3.67. The number of amides is 2. The van der Waals surface area contributed by atoms with Crippen molar-refractivity contribution < 1.29 is 4.79 Å². The number of H-pyrrole nitrogens is 1. The second kappa shape index (κ2) is 8.15. The minimum Gasteiger partial charge on any atom is -0.342 e. The van der Waals surface area contributed by atoms with Crippen LogP contribution in [0.3, 0.4) is 0 Å². The highest BCUT2D eigenvalue weighted by molar-refractivity contribution is 5.74. The van der Waals surface area contributed by atoms with Gasteiger partial charge >= 0.3 is 6.03 Å². The number of aromatic amines is 1. The number of imidazole rings is 1. The molecule has 2 aromatic rings. The van der Waals surface area contributed by atoms with E-state index in [1.807, 2.05) is 24.3 Å². The average molecular weight is 329 g/mol. The van der Waals surface area contributed by atoms with E-state index in [0.717, 1.165) is 42.8 Å². The molecule has 1 atom stereocenters. The number of aryl methyl sites for hydroxylation is 1. The summed E-state index contributed by atoms with van der Waals surface area (Å²) >= 11 is 0. The van der Waals surface area contributed by atoms with Crippen molar-refractivity contribution in [2.24, 2.45) is 5.92 Å². The Hall–Kier alpha value is -2.08. The lowest BCUT2D eigenvalue weighted by Crippen LogP contribution is -2.42. The van der Waals surface area contributed by atoms with Crippen molar-refractivity contribution in [2.45, 2.75) is 25.7 Å². The Bertz CT molecular complexity index is 635. The van der Waals surface area contributed by atoms with Crippen molar-refractivity contribution in [3.8, 4) is 0 Å². The smallest absolute Gasteiger partial charge is 0.314 e. The van der Waals surface area contributed by atoms with Gasteiger partial charge in [-0.2, -0.15) is 0 Å². The zero-order valence-corrected chi connectivity index (χ0v) is 14.3. The molecule has 1 saturated heterocycles. The molecular formula is C18H27N5O. The number of aromatic nitrogens is 2. The lowest BCUT2D eigenvalue weighted by Gasteiger charge is -2.29. The van der Waals surface area contributed by atoms with Crippen LogP contribution in [-0.4, -0.2) is 54.1 Å². The lowest BCUT2D eigenvalue weighted by atomic mass is 9.99. The third kappa shape index (κ3) is 4.71. The van der Waals surface area contributed by atoms with Crippen molar-refractivity contribution in [2.75, 3.05) is 33.2 Å². The predicted octanol–water partition coefficient (Wildman–Crippen LogP) is 2.14. The highest BCUT2D eigenvalue weighted by Crippen LogP contribution is 2.13. The van der Waals surface area contributed by atoms with Crippen LogP contribution in [0.1, 0.15) is 25.1 Å². The summed E-state index contributed by atoms with van der Waals surface area (Å²) in [6.07, 6.45) is 4.14. The van der Waals surface area contributed by atoms with E-state index in [4.69, 9.17) is 0 Å². The molecule has 2 heterocycles. The summed E-state index contributed by atoms with van der Waals surface area (Å²) in [5.74, 6) is 1.55. The van der Waals surface area contributed by atoms with Gasteiger partial charge in [0.1, 0.15) is 5.82 Å². The maximum atomic E-state index is 11.9. The number of urea groups is 1. The predicted molar refractivity (Wildman–Crippen MR) is 96.0 cm³/mol. The van der Waals surface area contributed by atoms with Crippen LogP contribution in [0.25, 0.3) is 11.0 Å². The van der Waals surface area contributed by atoms with Crippen LogP contribution in [-0.2, 0) is 6.42 Å². The molecule has 0 bridgehead atoms. The third-order valence-electron chi connectivity index (χ3n) is 4.59. The molecule has 1 aromatic carbocycles. The molecule has 0 spiro atoms. The number of nitrogens with one attached hydrogen (secondary N) is 3. The number of nitrogens with zero attached hydrogens (tertiary/aromatic N) is 2. The zero-order valence-electron chi connectivity index (χ0n) is 14.3. The van der Waals surface area contributed by atoms with Gasteiger partial charge in [0.25, 0.3) is 0 Å². The zero-order chi connectivity index (χ0) is 16.8. The van der Waals surface area contributed by atoms with E-state index in [0.29, 0.717) is 12.5 Å². The lowest BCUT2D eigenvalue weighted by molar-refractivity contribution is 0.202. The molecule has 1 aliphatic rings. The number of rotatable bonds is 6. The molecule has 130 valence electrons. The number of carbonyl (C=O) groups is 1. The third-order valence-corrected chi connectivity index (χ3v) is 4.59. The Labute approximate surface area is 143 Å². The Morgan fingerprint density at radius 3 is 3.08 bits per heavy atom. The first kappa shape index (κ1) is 16.8. The number of fused-ring (bicyclic) bond motifs is 1. The largest absolute Gasteiger partial charge is 0.342 e.